The largest absolute Gasteiger partial charge is 0.342 e. The number of rotatable bonds is 2. The molecule has 10 heavy (non-hydrogen) atoms. The molecular formula is C6H9F2NO. The second kappa shape index (κ2) is 2.94. The van der Waals surface area contributed by atoms with Crippen LogP contribution in [0, 0.1) is 0 Å². The van der Waals surface area contributed by atoms with Gasteiger partial charge in [-0.2, -0.15) is 0 Å². The summed E-state index contributed by atoms with van der Waals surface area (Å²) in [5, 5.41) is 0. The molecule has 0 N–H and O–H groups in total. The lowest BCUT2D eigenvalue weighted by atomic mass is 10.2. The molecule has 0 atom stereocenters. The highest BCUT2D eigenvalue weighted by molar-refractivity contribution is 5.77. The third-order valence-electron chi connectivity index (χ3n) is 1.54. The van der Waals surface area contributed by atoms with Crippen LogP contribution in [-0.2, 0) is 4.79 Å². The minimum atomic E-state index is -2.49. The van der Waals surface area contributed by atoms with Crippen molar-refractivity contribution in [3.05, 3.63) is 0 Å². The maximum absolute atomic E-state index is 11.6. The summed E-state index contributed by atoms with van der Waals surface area (Å²) in [4.78, 5) is 12.1. The number of hydrogen-bond acceptors (Lipinski definition) is 1. The number of hydrogen-bond donors (Lipinski definition) is 0. The van der Waals surface area contributed by atoms with E-state index in [4.69, 9.17) is 0 Å². The van der Waals surface area contributed by atoms with Gasteiger partial charge in [-0.15, -0.1) is 0 Å². The molecule has 1 rings (SSSR count). The third kappa shape index (κ3) is 1.65. The van der Waals surface area contributed by atoms with Crippen LogP contribution in [0.5, 0.6) is 0 Å². The first-order chi connectivity index (χ1) is 4.70. The van der Waals surface area contributed by atoms with Crippen LogP contribution in [-0.4, -0.2) is 30.3 Å². The molecule has 1 amide bonds. The topological polar surface area (TPSA) is 20.3 Å². The van der Waals surface area contributed by atoms with Gasteiger partial charge in [0, 0.05) is 13.1 Å². The summed E-state index contributed by atoms with van der Waals surface area (Å²) in [6, 6.07) is 0. The molecule has 0 radical (unpaired) electrons. The maximum Gasteiger partial charge on any atom is 0.247 e. The van der Waals surface area contributed by atoms with Gasteiger partial charge in [0.05, 0.1) is 6.42 Å². The highest BCUT2D eigenvalue weighted by atomic mass is 19.3. The van der Waals surface area contributed by atoms with Crippen LogP contribution in [0.4, 0.5) is 8.78 Å². The number of alkyl halides is 2. The third-order valence-corrected chi connectivity index (χ3v) is 1.54. The van der Waals surface area contributed by atoms with Gasteiger partial charge in [-0.25, -0.2) is 8.78 Å². The van der Waals surface area contributed by atoms with Crippen molar-refractivity contribution in [1.29, 1.82) is 0 Å². The van der Waals surface area contributed by atoms with Crippen molar-refractivity contribution in [3.8, 4) is 0 Å². The van der Waals surface area contributed by atoms with Gasteiger partial charge in [0.1, 0.15) is 0 Å². The van der Waals surface area contributed by atoms with E-state index in [2.05, 4.69) is 0 Å². The number of halogens is 2. The van der Waals surface area contributed by atoms with Crippen LogP contribution in [0.15, 0.2) is 0 Å². The molecular weight excluding hydrogens is 140 g/mol. The molecule has 0 aromatic carbocycles. The number of carbonyl (C=O) groups is 1. The highest BCUT2D eigenvalue weighted by Gasteiger charge is 2.22. The monoisotopic (exact) mass is 149 g/mol. The predicted octanol–water partition coefficient (Wildman–Crippen LogP) is 0.874. The standard InChI is InChI=1S/C6H9F2NO/c7-5(8)4-6(10)9-2-1-3-9/h5H,1-4H2. The van der Waals surface area contributed by atoms with Gasteiger partial charge in [-0.05, 0) is 6.42 Å². The van der Waals surface area contributed by atoms with Crippen LogP contribution in [0.3, 0.4) is 0 Å². The van der Waals surface area contributed by atoms with E-state index in [1.165, 1.54) is 4.90 Å². The average molecular weight is 149 g/mol. The smallest absolute Gasteiger partial charge is 0.247 e. The Balaban J connectivity index is 2.20. The Kier molecular flexibility index (Phi) is 2.19. The Morgan fingerprint density at radius 1 is 1.50 bits per heavy atom. The Morgan fingerprint density at radius 3 is 2.40 bits per heavy atom. The van der Waals surface area contributed by atoms with Gasteiger partial charge < -0.3 is 4.90 Å². The first kappa shape index (κ1) is 7.44. The molecule has 0 aromatic rings. The van der Waals surface area contributed by atoms with Gasteiger partial charge in [0.15, 0.2) is 0 Å². The SMILES string of the molecule is O=C(CC(F)F)N1CCC1. The fraction of sp³-hybridized carbons (Fsp3) is 0.833. The van der Waals surface area contributed by atoms with Crippen molar-refractivity contribution < 1.29 is 13.6 Å². The fourth-order valence-corrected chi connectivity index (χ4v) is 0.827. The van der Waals surface area contributed by atoms with Crippen LogP contribution in [0.2, 0.25) is 0 Å². The average Bonchev–Trinajstić information content (AvgIpc) is 1.55. The molecule has 0 bridgehead atoms. The quantitative estimate of drug-likeness (QED) is 0.570. The van der Waals surface area contributed by atoms with E-state index >= 15 is 0 Å². The van der Waals surface area contributed by atoms with Crippen LogP contribution in [0.1, 0.15) is 12.8 Å². The summed E-state index contributed by atoms with van der Waals surface area (Å²) < 4.78 is 23.1. The molecule has 58 valence electrons. The van der Waals surface area contributed by atoms with E-state index in [-0.39, 0.29) is 0 Å². The minimum absolute atomic E-state index is 0.416. The lowest BCUT2D eigenvalue weighted by Crippen LogP contribution is -2.42. The molecule has 0 aromatic heterocycles. The molecule has 1 fully saturated rings. The Bertz CT molecular complexity index is 134. The first-order valence-corrected chi connectivity index (χ1v) is 3.26. The zero-order chi connectivity index (χ0) is 7.56. The first-order valence-electron chi connectivity index (χ1n) is 3.26. The van der Waals surface area contributed by atoms with Crippen molar-refractivity contribution in [2.45, 2.75) is 19.3 Å². The molecule has 1 aliphatic heterocycles. The van der Waals surface area contributed by atoms with E-state index in [9.17, 15) is 13.6 Å². The van der Waals surface area contributed by atoms with E-state index in [1.54, 1.807) is 0 Å². The normalized spacial score (nSPS) is 17.3. The van der Waals surface area contributed by atoms with Crippen LogP contribution < -0.4 is 0 Å². The second-order valence-corrected chi connectivity index (χ2v) is 2.33. The molecule has 2 nitrogen and oxygen atoms in total. The Hall–Kier alpha value is -0.670. The Morgan fingerprint density at radius 2 is 2.10 bits per heavy atom. The van der Waals surface area contributed by atoms with E-state index < -0.39 is 18.8 Å². The van der Waals surface area contributed by atoms with Gasteiger partial charge in [0.25, 0.3) is 0 Å². The molecule has 1 aliphatic rings. The minimum Gasteiger partial charge on any atom is -0.342 e. The molecule has 1 saturated heterocycles. The Labute approximate surface area is 57.8 Å². The molecule has 0 spiro atoms. The fourth-order valence-electron chi connectivity index (χ4n) is 0.827. The molecule has 0 saturated carbocycles. The predicted molar refractivity (Wildman–Crippen MR) is 31.8 cm³/mol. The van der Waals surface area contributed by atoms with Crippen molar-refractivity contribution in [2.24, 2.45) is 0 Å². The van der Waals surface area contributed by atoms with Gasteiger partial charge >= 0.3 is 0 Å². The lowest BCUT2D eigenvalue weighted by Gasteiger charge is -2.30. The van der Waals surface area contributed by atoms with Crippen molar-refractivity contribution in [3.63, 3.8) is 0 Å². The summed E-state index contributed by atoms with van der Waals surface area (Å²) >= 11 is 0. The number of amides is 1. The summed E-state index contributed by atoms with van der Waals surface area (Å²) in [6.07, 6.45) is -2.15. The van der Waals surface area contributed by atoms with Gasteiger partial charge in [0.2, 0.25) is 12.3 Å². The molecule has 1 heterocycles. The summed E-state index contributed by atoms with van der Waals surface area (Å²) in [7, 11) is 0. The van der Waals surface area contributed by atoms with E-state index in [0.717, 1.165) is 6.42 Å². The van der Waals surface area contributed by atoms with Crippen LogP contribution in [0.25, 0.3) is 0 Å². The van der Waals surface area contributed by atoms with Crippen LogP contribution >= 0.6 is 0 Å². The number of nitrogens with zero attached hydrogens (tertiary/aromatic N) is 1. The highest BCUT2D eigenvalue weighted by Crippen LogP contribution is 2.10. The summed E-state index contributed by atoms with van der Waals surface area (Å²) in [6.45, 7) is 1.32. The van der Waals surface area contributed by atoms with E-state index in [0.29, 0.717) is 13.1 Å². The zero-order valence-corrected chi connectivity index (χ0v) is 5.52. The van der Waals surface area contributed by atoms with E-state index in [1.807, 2.05) is 0 Å². The van der Waals surface area contributed by atoms with Gasteiger partial charge in [-0.1, -0.05) is 0 Å². The zero-order valence-electron chi connectivity index (χ0n) is 5.52. The summed E-state index contributed by atoms with van der Waals surface area (Å²) in [5.74, 6) is -0.416. The van der Waals surface area contributed by atoms with Crippen molar-refractivity contribution in [1.82, 2.24) is 4.90 Å². The van der Waals surface area contributed by atoms with Crippen molar-refractivity contribution >= 4 is 5.91 Å². The molecule has 0 aliphatic carbocycles. The van der Waals surface area contributed by atoms with Gasteiger partial charge in [-0.3, -0.25) is 4.79 Å². The van der Waals surface area contributed by atoms with Crippen molar-refractivity contribution in [2.75, 3.05) is 13.1 Å². The number of carbonyl (C=O) groups excluding carboxylic acids is 1. The molecule has 0 unspecified atom stereocenters. The lowest BCUT2D eigenvalue weighted by molar-refractivity contribution is -0.137. The number of likely N-dealkylation sites (tertiary alicyclic amines) is 1. The second-order valence-electron chi connectivity index (χ2n) is 2.33. The summed E-state index contributed by atoms with van der Waals surface area (Å²) in [5.41, 5.74) is 0. The maximum atomic E-state index is 11.6. The molecule has 4 heteroatoms.